The zero-order valence-corrected chi connectivity index (χ0v) is 9.27. The van der Waals surface area contributed by atoms with Crippen molar-refractivity contribution >= 4 is 6.03 Å². The van der Waals surface area contributed by atoms with Crippen molar-refractivity contribution in [3.63, 3.8) is 0 Å². The average Bonchev–Trinajstić information content (AvgIpc) is 2.53. The van der Waals surface area contributed by atoms with E-state index in [2.05, 4.69) is 17.2 Å². The summed E-state index contributed by atoms with van der Waals surface area (Å²) in [6, 6.07) is -0.186. The molecule has 0 aromatic rings. The number of rotatable bonds is 2. The Morgan fingerprint density at radius 1 is 1.67 bits per heavy atom. The van der Waals surface area contributed by atoms with Crippen LogP contribution in [0.1, 0.15) is 26.7 Å². The van der Waals surface area contributed by atoms with E-state index >= 15 is 0 Å². The topological polar surface area (TPSA) is 32.3 Å². The maximum Gasteiger partial charge on any atom is 0.317 e. The molecule has 3 nitrogen and oxygen atoms in total. The van der Waals surface area contributed by atoms with Crippen LogP contribution in [0.3, 0.4) is 0 Å². The van der Waals surface area contributed by atoms with Gasteiger partial charge in [-0.2, -0.15) is 0 Å². The van der Waals surface area contributed by atoms with E-state index in [1.54, 1.807) is 6.92 Å². The Morgan fingerprint density at radius 2 is 2.40 bits per heavy atom. The van der Waals surface area contributed by atoms with Gasteiger partial charge in [-0.15, -0.1) is 11.8 Å². The van der Waals surface area contributed by atoms with Crippen molar-refractivity contribution in [2.75, 3.05) is 19.6 Å². The highest BCUT2D eigenvalue weighted by molar-refractivity contribution is 5.74. The molecule has 84 valence electrons. The first-order chi connectivity index (χ1) is 7.05. The van der Waals surface area contributed by atoms with E-state index in [9.17, 15) is 9.18 Å². The second kappa shape index (κ2) is 5.01. The van der Waals surface area contributed by atoms with Crippen LogP contribution >= 0.6 is 0 Å². The smallest absolute Gasteiger partial charge is 0.317 e. The van der Waals surface area contributed by atoms with E-state index in [1.165, 1.54) is 11.8 Å². The number of amides is 2. The van der Waals surface area contributed by atoms with E-state index in [0.29, 0.717) is 25.9 Å². The summed E-state index contributed by atoms with van der Waals surface area (Å²) < 4.78 is 13.4. The van der Waals surface area contributed by atoms with E-state index in [1.807, 2.05) is 0 Å². The molecule has 0 aromatic carbocycles. The zero-order chi connectivity index (χ0) is 11.3. The van der Waals surface area contributed by atoms with Gasteiger partial charge in [-0.1, -0.05) is 0 Å². The fourth-order valence-corrected chi connectivity index (χ4v) is 1.57. The molecule has 1 aliphatic rings. The number of likely N-dealkylation sites (tertiary alicyclic amines) is 1. The van der Waals surface area contributed by atoms with Crippen LogP contribution in [0.2, 0.25) is 0 Å². The molecule has 1 N–H and O–H groups in total. The Bertz CT molecular complexity index is 291. The molecule has 1 heterocycles. The van der Waals surface area contributed by atoms with Gasteiger partial charge in [-0.3, -0.25) is 0 Å². The molecule has 0 saturated carbocycles. The van der Waals surface area contributed by atoms with Gasteiger partial charge < -0.3 is 10.2 Å². The van der Waals surface area contributed by atoms with E-state index in [-0.39, 0.29) is 12.6 Å². The third kappa shape index (κ3) is 3.78. The Balaban J connectivity index is 2.26. The minimum Gasteiger partial charge on any atom is -0.337 e. The molecule has 1 unspecified atom stereocenters. The van der Waals surface area contributed by atoms with Gasteiger partial charge in [0.25, 0.3) is 0 Å². The summed E-state index contributed by atoms with van der Waals surface area (Å²) in [7, 11) is 0. The Kier molecular flexibility index (Phi) is 3.96. The molecule has 0 bridgehead atoms. The number of urea groups is 1. The molecule has 1 aliphatic heterocycles. The van der Waals surface area contributed by atoms with Crippen molar-refractivity contribution in [2.45, 2.75) is 32.4 Å². The second-order valence-electron chi connectivity index (χ2n) is 3.99. The summed E-state index contributed by atoms with van der Waals surface area (Å²) in [4.78, 5) is 13.0. The Labute approximate surface area is 90.0 Å². The minimum absolute atomic E-state index is 0.186. The van der Waals surface area contributed by atoms with Crippen molar-refractivity contribution in [2.24, 2.45) is 0 Å². The maximum atomic E-state index is 13.4. The third-order valence-electron chi connectivity index (χ3n) is 2.41. The van der Waals surface area contributed by atoms with Crippen molar-refractivity contribution < 1.29 is 9.18 Å². The van der Waals surface area contributed by atoms with Crippen LogP contribution in [0.5, 0.6) is 0 Å². The van der Waals surface area contributed by atoms with E-state index in [4.69, 9.17) is 0 Å². The molecule has 15 heavy (non-hydrogen) atoms. The van der Waals surface area contributed by atoms with Gasteiger partial charge in [-0.25, -0.2) is 9.18 Å². The summed E-state index contributed by atoms with van der Waals surface area (Å²) in [5, 5.41) is 2.72. The number of hydrogen-bond donors (Lipinski definition) is 1. The first kappa shape index (κ1) is 11.8. The lowest BCUT2D eigenvalue weighted by Crippen LogP contribution is -2.40. The normalized spacial score (nSPS) is 24.6. The molecule has 1 rings (SSSR count). The van der Waals surface area contributed by atoms with Crippen molar-refractivity contribution in [1.82, 2.24) is 10.2 Å². The molecule has 0 aromatic heterocycles. The molecule has 4 heteroatoms. The molecule has 0 radical (unpaired) electrons. The van der Waals surface area contributed by atoms with E-state index < -0.39 is 5.67 Å². The lowest BCUT2D eigenvalue weighted by Gasteiger charge is -2.17. The van der Waals surface area contributed by atoms with Gasteiger partial charge in [0.2, 0.25) is 0 Å². The highest BCUT2D eigenvalue weighted by atomic mass is 19.1. The van der Waals surface area contributed by atoms with Crippen LogP contribution < -0.4 is 5.32 Å². The average molecular weight is 212 g/mol. The summed E-state index contributed by atoms with van der Waals surface area (Å²) >= 11 is 0. The molecular weight excluding hydrogens is 195 g/mol. The minimum atomic E-state index is -1.22. The number of carbonyl (C=O) groups excluding carboxylic acids is 1. The van der Waals surface area contributed by atoms with Gasteiger partial charge in [0.1, 0.15) is 5.67 Å². The summed E-state index contributed by atoms with van der Waals surface area (Å²) in [5.41, 5.74) is -1.22. The summed E-state index contributed by atoms with van der Waals surface area (Å²) in [5.74, 6) is 5.60. The van der Waals surface area contributed by atoms with Crippen LogP contribution in [-0.4, -0.2) is 36.2 Å². The Morgan fingerprint density at radius 3 is 2.93 bits per heavy atom. The molecule has 2 amide bonds. The summed E-state index contributed by atoms with van der Waals surface area (Å²) in [6.45, 7) is 4.51. The van der Waals surface area contributed by atoms with Crippen LogP contribution in [-0.2, 0) is 0 Å². The number of hydrogen-bond acceptors (Lipinski definition) is 1. The fourth-order valence-electron chi connectivity index (χ4n) is 1.57. The van der Waals surface area contributed by atoms with E-state index in [0.717, 1.165) is 0 Å². The molecule has 1 fully saturated rings. The van der Waals surface area contributed by atoms with Crippen LogP contribution in [0.4, 0.5) is 9.18 Å². The fraction of sp³-hybridized carbons (Fsp3) is 0.727. The molecule has 0 spiro atoms. The Hall–Kier alpha value is -1.24. The number of alkyl halides is 1. The lowest BCUT2D eigenvalue weighted by molar-refractivity contribution is 0.179. The third-order valence-corrected chi connectivity index (χ3v) is 2.41. The van der Waals surface area contributed by atoms with Crippen LogP contribution in [0.25, 0.3) is 0 Å². The number of nitrogens with one attached hydrogen (secondary N) is 1. The molecule has 1 saturated heterocycles. The predicted octanol–water partition coefficient (Wildman–Crippen LogP) is 1.54. The van der Waals surface area contributed by atoms with Crippen molar-refractivity contribution in [3.05, 3.63) is 0 Å². The van der Waals surface area contributed by atoms with Gasteiger partial charge in [0.05, 0.1) is 6.54 Å². The standard InChI is InChI=1S/C11H17FN2O/c1-3-4-5-7-13-10(15)14-8-6-11(2,12)9-14/h5-9H2,1-2H3,(H,13,15). The first-order valence-electron chi connectivity index (χ1n) is 5.16. The zero-order valence-electron chi connectivity index (χ0n) is 9.27. The van der Waals surface area contributed by atoms with Gasteiger partial charge >= 0.3 is 6.03 Å². The molecule has 0 aliphatic carbocycles. The van der Waals surface area contributed by atoms with Crippen molar-refractivity contribution in [1.29, 1.82) is 0 Å². The number of carbonyl (C=O) groups is 1. The van der Waals surface area contributed by atoms with Crippen LogP contribution in [0.15, 0.2) is 0 Å². The van der Waals surface area contributed by atoms with Gasteiger partial charge in [-0.05, 0) is 13.8 Å². The number of halogens is 1. The predicted molar refractivity (Wildman–Crippen MR) is 57.2 cm³/mol. The number of nitrogens with zero attached hydrogens (tertiary/aromatic N) is 1. The highest BCUT2D eigenvalue weighted by Crippen LogP contribution is 2.24. The quantitative estimate of drug-likeness (QED) is 0.546. The first-order valence-corrected chi connectivity index (χ1v) is 5.16. The maximum absolute atomic E-state index is 13.4. The highest BCUT2D eigenvalue weighted by Gasteiger charge is 2.35. The summed E-state index contributed by atoms with van der Waals surface area (Å²) in [6.07, 6.45) is 1.07. The SMILES string of the molecule is CC#CCCNC(=O)N1CCC(C)(F)C1. The largest absolute Gasteiger partial charge is 0.337 e. The monoisotopic (exact) mass is 212 g/mol. The van der Waals surface area contributed by atoms with Gasteiger partial charge in [0.15, 0.2) is 0 Å². The second-order valence-corrected chi connectivity index (χ2v) is 3.99. The molecule has 1 atom stereocenters. The lowest BCUT2D eigenvalue weighted by atomic mass is 10.1. The van der Waals surface area contributed by atoms with Crippen LogP contribution in [0, 0.1) is 11.8 Å². The molecular formula is C11H17FN2O. The van der Waals surface area contributed by atoms with Crippen molar-refractivity contribution in [3.8, 4) is 11.8 Å². The van der Waals surface area contributed by atoms with Gasteiger partial charge in [0, 0.05) is 25.9 Å².